The molecule has 0 saturated carbocycles. The molecule has 0 bridgehead atoms. The normalized spacial score (nSPS) is 12.9. The highest BCUT2D eigenvalue weighted by Gasteiger charge is 2.12. The summed E-state index contributed by atoms with van der Waals surface area (Å²) in [5, 5.41) is 12.4. The SMILES string of the molecule is CNCCC(O)c1ccc(F)cc1F. The van der Waals surface area contributed by atoms with Crippen LogP contribution in [0, 0.1) is 11.6 Å². The number of aliphatic hydroxyl groups excluding tert-OH is 1. The van der Waals surface area contributed by atoms with E-state index in [1.54, 1.807) is 7.05 Å². The summed E-state index contributed by atoms with van der Waals surface area (Å²) in [5.74, 6) is -1.33. The van der Waals surface area contributed by atoms with Crippen LogP contribution in [0.2, 0.25) is 0 Å². The van der Waals surface area contributed by atoms with Crippen molar-refractivity contribution in [2.45, 2.75) is 12.5 Å². The molecule has 1 aromatic carbocycles. The molecule has 14 heavy (non-hydrogen) atoms. The van der Waals surface area contributed by atoms with Gasteiger partial charge in [-0.1, -0.05) is 6.07 Å². The van der Waals surface area contributed by atoms with Gasteiger partial charge in [0.2, 0.25) is 0 Å². The third kappa shape index (κ3) is 2.75. The Bertz CT molecular complexity index is 304. The first kappa shape index (κ1) is 11.1. The van der Waals surface area contributed by atoms with Crippen LogP contribution in [0.5, 0.6) is 0 Å². The number of benzene rings is 1. The quantitative estimate of drug-likeness (QED) is 0.775. The van der Waals surface area contributed by atoms with Crippen LogP contribution in [-0.4, -0.2) is 18.7 Å². The van der Waals surface area contributed by atoms with Gasteiger partial charge in [0.15, 0.2) is 0 Å². The van der Waals surface area contributed by atoms with Crippen molar-refractivity contribution in [3.05, 3.63) is 35.4 Å². The summed E-state index contributed by atoms with van der Waals surface area (Å²) in [6.07, 6.45) is -0.484. The van der Waals surface area contributed by atoms with Crippen LogP contribution in [-0.2, 0) is 0 Å². The molecular formula is C10H13F2NO. The average Bonchev–Trinajstić information content (AvgIpc) is 2.14. The van der Waals surface area contributed by atoms with E-state index in [1.165, 1.54) is 6.07 Å². The molecule has 0 radical (unpaired) electrons. The predicted molar refractivity (Wildman–Crippen MR) is 49.9 cm³/mol. The monoisotopic (exact) mass is 201 g/mol. The molecule has 0 aliphatic carbocycles. The molecule has 78 valence electrons. The molecule has 0 fully saturated rings. The van der Waals surface area contributed by atoms with Crippen molar-refractivity contribution in [2.75, 3.05) is 13.6 Å². The van der Waals surface area contributed by atoms with E-state index in [4.69, 9.17) is 0 Å². The van der Waals surface area contributed by atoms with Gasteiger partial charge in [0.25, 0.3) is 0 Å². The number of nitrogens with one attached hydrogen (secondary N) is 1. The Hall–Kier alpha value is -1.00. The summed E-state index contributed by atoms with van der Waals surface area (Å²) in [5.41, 5.74) is 0.140. The molecular weight excluding hydrogens is 188 g/mol. The summed E-state index contributed by atoms with van der Waals surface area (Å²) in [6.45, 7) is 0.581. The van der Waals surface area contributed by atoms with Crippen LogP contribution in [0.3, 0.4) is 0 Å². The molecule has 0 aromatic heterocycles. The first-order chi connectivity index (χ1) is 6.65. The minimum atomic E-state index is -0.886. The summed E-state index contributed by atoms with van der Waals surface area (Å²) in [7, 11) is 1.74. The van der Waals surface area contributed by atoms with Gasteiger partial charge in [-0.3, -0.25) is 0 Å². The van der Waals surface area contributed by atoms with E-state index in [1.807, 2.05) is 0 Å². The maximum atomic E-state index is 13.1. The number of hydrogen-bond donors (Lipinski definition) is 2. The molecule has 0 aliphatic rings. The van der Waals surface area contributed by atoms with Gasteiger partial charge in [0.1, 0.15) is 11.6 Å². The molecule has 0 amide bonds. The fourth-order valence-electron chi connectivity index (χ4n) is 1.21. The fraction of sp³-hybridized carbons (Fsp3) is 0.400. The molecule has 2 N–H and O–H groups in total. The highest BCUT2D eigenvalue weighted by molar-refractivity contribution is 5.20. The first-order valence-electron chi connectivity index (χ1n) is 4.42. The van der Waals surface area contributed by atoms with E-state index in [0.29, 0.717) is 13.0 Å². The molecule has 0 saturated heterocycles. The van der Waals surface area contributed by atoms with Crippen LogP contribution >= 0.6 is 0 Å². The van der Waals surface area contributed by atoms with Crippen molar-refractivity contribution < 1.29 is 13.9 Å². The lowest BCUT2D eigenvalue weighted by atomic mass is 10.1. The molecule has 1 aromatic rings. The maximum absolute atomic E-state index is 13.1. The number of hydrogen-bond acceptors (Lipinski definition) is 2. The van der Waals surface area contributed by atoms with Gasteiger partial charge in [0, 0.05) is 11.6 Å². The number of rotatable bonds is 4. The fourth-order valence-corrected chi connectivity index (χ4v) is 1.21. The third-order valence-electron chi connectivity index (χ3n) is 1.99. The van der Waals surface area contributed by atoms with Crippen LogP contribution in [0.15, 0.2) is 18.2 Å². The lowest BCUT2D eigenvalue weighted by molar-refractivity contribution is 0.163. The van der Waals surface area contributed by atoms with E-state index in [-0.39, 0.29) is 5.56 Å². The molecule has 1 rings (SSSR count). The Labute approximate surface area is 81.6 Å². The molecule has 0 heterocycles. The van der Waals surface area contributed by atoms with Crippen molar-refractivity contribution in [1.29, 1.82) is 0 Å². The van der Waals surface area contributed by atoms with Crippen LogP contribution in [0.4, 0.5) is 8.78 Å². The van der Waals surface area contributed by atoms with E-state index in [0.717, 1.165) is 12.1 Å². The summed E-state index contributed by atoms with van der Waals surface area (Å²) in [6, 6.07) is 3.18. The Morgan fingerprint density at radius 1 is 1.43 bits per heavy atom. The van der Waals surface area contributed by atoms with Gasteiger partial charge in [0.05, 0.1) is 6.10 Å². The van der Waals surface area contributed by atoms with Crippen molar-refractivity contribution in [1.82, 2.24) is 5.32 Å². The Morgan fingerprint density at radius 3 is 2.71 bits per heavy atom. The smallest absolute Gasteiger partial charge is 0.131 e. The van der Waals surface area contributed by atoms with Crippen LogP contribution in [0.25, 0.3) is 0 Å². The van der Waals surface area contributed by atoms with Gasteiger partial charge in [-0.2, -0.15) is 0 Å². The van der Waals surface area contributed by atoms with Gasteiger partial charge in [-0.25, -0.2) is 8.78 Å². The number of aliphatic hydroxyl groups is 1. The van der Waals surface area contributed by atoms with E-state index >= 15 is 0 Å². The van der Waals surface area contributed by atoms with Crippen LogP contribution < -0.4 is 5.32 Å². The minimum absolute atomic E-state index is 0.140. The highest BCUT2D eigenvalue weighted by atomic mass is 19.1. The zero-order valence-corrected chi connectivity index (χ0v) is 7.93. The predicted octanol–water partition coefficient (Wildman–Crippen LogP) is 1.61. The Kier molecular flexibility index (Phi) is 3.98. The second-order valence-corrected chi connectivity index (χ2v) is 3.07. The third-order valence-corrected chi connectivity index (χ3v) is 1.99. The average molecular weight is 201 g/mol. The van der Waals surface area contributed by atoms with E-state index < -0.39 is 17.7 Å². The maximum Gasteiger partial charge on any atom is 0.131 e. The van der Waals surface area contributed by atoms with Gasteiger partial charge >= 0.3 is 0 Å². The largest absolute Gasteiger partial charge is 0.388 e. The minimum Gasteiger partial charge on any atom is -0.388 e. The number of halogens is 2. The zero-order valence-electron chi connectivity index (χ0n) is 7.93. The molecule has 4 heteroatoms. The Balaban J connectivity index is 2.74. The summed E-state index contributed by atoms with van der Waals surface area (Å²) in [4.78, 5) is 0. The molecule has 0 aliphatic heterocycles. The summed E-state index contributed by atoms with van der Waals surface area (Å²) >= 11 is 0. The van der Waals surface area contributed by atoms with Crippen molar-refractivity contribution >= 4 is 0 Å². The highest BCUT2D eigenvalue weighted by Crippen LogP contribution is 2.20. The van der Waals surface area contributed by atoms with Crippen molar-refractivity contribution in [3.8, 4) is 0 Å². The molecule has 0 spiro atoms. The van der Waals surface area contributed by atoms with Crippen LogP contribution in [0.1, 0.15) is 18.1 Å². The lowest BCUT2D eigenvalue weighted by Gasteiger charge is -2.11. The first-order valence-corrected chi connectivity index (χ1v) is 4.42. The van der Waals surface area contributed by atoms with Gasteiger partial charge in [-0.05, 0) is 26.1 Å². The second kappa shape index (κ2) is 5.02. The van der Waals surface area contributed by atoms with Crippen molar-refractivity contribution in [2.24, 2.45) is 0 Å². The molecule has 2 nitrogen and oxygen atoms in total. The van der Waals surface area contributed by atoms with E-state index in [9.17, 15) is 13.9 Å². The van der Waals surface area contributed by atoms with Gasteiger partial charge in [-0.15, -0.1) is 0 Å². The lowest BCUT2D eigenvalue weighted by Crippen LogP contribution is -2.12. The molecule has 1 atom stereocenters. The standard InChI is InChI=1S/C10H13F2NO/c1-13-5-4-10(14)8-3-2-7(11)6-9(8)12/h2-3,6,10,13-14H,4-5H2,1H3. The van der Waals surface area contributed by atoms with Crippen molar-refractivity contribution in [3.63, 3.8) is 0 Å². The Morgan fingerprint density at radius 2 is 2.14 bits per heavy atom. The van der Waals surface area contributed by atoms with E-state index in [2.05, 4.69) is 5.32 Å². The zero-order chi connectivity index (χ0) is 10.6. The summed E-state index contributed by atoms with van der Waals surface area (Å²) < 4.78 is 25.6. The topological polar surface area (TPSA) is 32.3 Å². The van der Waals surface area contributed by atoms with Gasteiger partial charge < -0.3 is 10.4 Å². The molecule has 1 unspecified atom stereocenters. The second-order valence-electron chi connectivity index (χ2n) is 3.07.